The van der Waals surface area contributed by atoms with Gasteiger partial charge in [-0.05, 0) is 38.7 Å². The molecule has 2 aliphatic rings. The molecule has 0 aromatic carbocycles. The molecule has 0 unspecified atom stereocenters. The number of ether oxygens (including phenoxy) is 1. The Hall–Kier alpha value is -2.48. The van der Waals surface area contributed by atoms with E-state index in [0.717, 1.165) is 49.1 Å². The van der Waals surface area contributed by atoms with Gasteiger partial charge in [-0.25, -0.2) is 4.68 Å². The molecule has 1 amide bonds. The first-order chi connectivity index (χ1) is 12.6. The Labute approximate surface area is 150 Å². The van der Waals surface area contributed by atoms with Crippen LogP contribution in [0.4, 0.5) is 0 Å². The molecule has 138 valence electrons. The predicted molar refractivity (Wildman–Crippen MR) is 93.9 cm³/mol. The molecule has 8 heteroatoms. The summed E-state index contributed by atoms with van der Waals surface area (Å²) in [5.74, 6) is -0.151. The van der Waals surface area contributed by atoms with Gasteiger partial charge < -0.3 is 10.1 Å². The number of nitrogens with one attached hydrogen (secondary N) is 2. The summed E-state index contributed by atoms with van der Waals surface area (Å²) in [6.07, 6.45) is 4.06. The molecule has 3 heterocycles. The zero-order valence-corrected chi connectivity index (χ0v) is 14.8. The molecule has 1 aliphatic heterocycles. The van der Waals surface area contributed by atoms with Crippen molar-refractivity contribution in [2.75, 3.05) is 6.61 Å². The van der Waals surface area contributed by atoms with E-state index in [4.69, 9.17) is 4.74 Å². The van der Waals surface area contributed by atoms with Crippen molar-refractivity contribution >= 4 is 5.91 Å². The van der Waals surface area contributed by atoms with Gasteiger partial charge in [-0.2, -0.15) is 10.2 Å². The summed E-state index contributed by atoms with van der Waals surface area (Å²) < 4.78 is 7.03. The van der Waals surface area contributed by atoms with Gasteiger partial charge in [0.1, 0.15) is 5.69 Å². The maximum Gasteiger partial charge on any atom is 0.271 e. The first kappa shape index (κ1) is 17.0. The molecule has 8 nitrogen and oxygen atoms in total. The number of fused-ring (bicyclic) bond motifs is 1. The van der Waals surface area contributed by atoms with Crippen molar-refractivity contribution in [3.63, 3.8) is 0 Å². The second-order valence-corrected chi connectivity index (χ2v) is 7.12. The summed E-state index contributed by atoms with van der Waals surface area (Å²) in [4.78, 5) is 24.6. The highest BCUT2D eigenvalue weighted by atomic mass is 16.5. The Morgan fingerprint density at radius 3 is 2.85 bits per heavy atom. The Morgan fingerprint density at radius 2 is 2.12 bits per heavy atom. The molecule has 1 aliphatic carbocycles. The number of aryl methyl sites for hydroxylation is 1. The first-order valence-corrected chi connectivity index (χ1v) is 9.12. The molecule has 0 atom stereocenters. The van der Waals surface area contributed by atoms with E-state index in [-0.39, 0.29) is 23.6 Å². The number of aromatic nitrogens is 4. The van der Waals surface area contributed by atoms with Crippen LogP contribution in [0, 0.1) is 6.92 Å². The SMILES string of the molecule is Cc1cc(C(=O)NC2CCC(n3nc4c(cc3=O)COCC4)CC2)n[nH]1. The third-order valence-corrected chi connectivity index (χ3v) is 5.18. The number of nitrogens with zero attached hydrogens (tertiary/aromatic N) is 3. The van der Waals surface area contributed by atoms with E-state index < -0.39 is 0 Å². The van der Waals surface area contributed by atoms with E-state index in [2.05, 4.69) is 20.6 Å². The van der Waals surface area contributed by atoms with Crippen molar-refractivity contribution in [3.8, 4) is 0 Å². The molecular weight excluding hydrogens is 334 g/mol. The van der Waals surface area contributed by atoms with Gasteiger partial charge >= 0.3 is 0 Å². The summed E-state index contributed by atoms with van der Waals surface area (Å²) in [6.45, 7) is 3.00. The highest BCUT2D eigenvalue weighted by Crippen LogP contribution is 2.27. The average molecular weight is 357 g/mol. The van der Waals surface area contributed by atoms with Crippen LogP contribution in [-0.2, 0) is 17.8 Å². The normalized spacial score (nSPS) is 22.7. The molecule has 2 aromatic heterocycles. The molecular formula is C18H23N5O3. The molecule has 0 bridgehead atoms. The Bertz CT molecular complexity index is 864. The average Bonchev–Trinajstić information content (AvgIpc) is 3.08. The molecule has 1 saturated carbocycles. The van der Waals surface area contributed by atoms with Crippen LogP contribution in [0.25, 0.3) is 0 Å². The largest absolute Gasteiger partial charge is 0.376 e. The number of rotatable bonds is 3. The lowest BCUT2D eigenvalue weighted by molar-refractivity contribution is 0.0915. The van der Waals surface area contributed by atoms with E-state index in [1.807, 2.05) is 6.92 Å². The lowest BCUT2D eigenvalue weighted by Crippen LogP contribution is -2.40. The lowest BCUT2D eigenvalue weighted by atomic mass is 9.91. The van der Waals surface area contributed by atoms with Crippen LogP contribution < -0.4 is 10.9 Å². The number of carbonyl (C=O) groups is 1. The molecule has 26 heavy (non-hydrogen) atoms. The van der Waals surface area contributed by atoms with Crippen LogP contribution in [0.3, 0.4) is 0 Å². The fourth-order valence-electron chi connectivity index (χ4n) is 3.75. The predicted octanol–water partition coefficient (Wildman–Crippen LogP) is 1.26. The minimum atomic E-state index is -0.151. The minimum Gasteiger partial charge on any atom is -0.376 e. The van der Waals surface area contributed by atoms with Crippen molar-refractivity contribution < 1.29 is 9.53 Å². The summed E-state index contributed by atoms with van der Waals surface area (Å²) in [6, 6.07) is 3.60. The number of aromatic amines is 1. The summed E-state index contributed by atoms with van der Waals surface area (Å²) in [5, 5.41) is 14.4. The van der Waals surface area contributed by atoms with Gasteiger partial charge in [-0.1, -0.05) is 0 Å². The topological polar surface area (TPSA) is 102 Å². The number of hydrogen-bond acceptors (Lipinski definition) is 5. The van der Waals surface area contributed by atoms with Crippen LogP contribution in [0.1, 0.15) is 59.2 Å². The van der Waals surface area contributed by atoms with Gasteiger partial charge in [0.2, 0.25) is 0 Å². The van der Waals surface area contributed by atoms with Crippen LogP contribution >= 0.6 is 0 Å². The van der Waals surface area contributed by atoms with Crippen LogP contribution in [0.15, 0.2) is 16.9 Å². The van der Waals surface area contributed by atoms with Gasteiger partial charge in [0, 0.05) is 29.8 Å². The Balaban J connectivity index is 1.39. The Morgan fingerprint density at radius 1 is 1.31 bits per heavy atom. The molecule has 2 aromatic rings. The van der Waals surface area contributed by atoms with Gasteiger partial charge in [0.05, 0.1) is 24.9 Å². The third-order valence-electron chi connectivity index (χ3n) is 5.18. The van der Waals surface area contributed by atoms with E-state index in [1.54, 1.807) is 16.8 Å². The highest BCUT2D eigenvalue weighted by molar-refractivity contribution is 5.92. The third kappa shape index (κ3) is 3.41. The highest BCUT2D eigenvalue weighted by Gasteiger charge is 2.26. The Kier molecular flexibility index (Phi) is 4.58. The van der Waals surface area contributed by atoms with Crippen molar-refractivity contribution in [2.24, 2.45) is 0 Å². The molecule has 0 saturated heterocycles. The van der Waals surface area contributed by atoms with Gasteiger partial charge in [-0.3, -0.25) is 14.7 Å². The fourth-order valence-corrected chi connectivity index (χ4v) is 3.75. The molecule has 0 spiro atoms. The van der Waals surface area contributed by atoms with E-state index in [1.165, 1.54) is 0 Å². The van der Waals surface area contributed by atoms with Crippen LogP contribution in [0.2, 0.25) is 0 Å². The van der Waals surface area contributed by atoms with Crippen molar-refractivity contribution in [3.05, 3.63) is 45.1 Å². The van der Waals surface area contributed by atoms with Crippen molar-refractivity contribution in [1.29, 1.82) is 0 Å². The van der Waals surface area contributed by atoms with Gasteiger partial charge in [0.25, 0.3) is 11.5 Å². The van der Waals surface area contributed by atoms with Crippen molar-refractivity contribution in [2.45, 2.75) is 57.7 Å². The smallest absolute Gasteiger partial charge is 0.271 e. The molecule has 2 N–H and O–H groups in total. The second-order valence-electron chi connectivity index (χ2n) is 7.12. The van der Waals surface area contributed by atoms with E-state index >= 15 is 0 Å². The number of hydrogen-bond donors (Lipinski definition) is 2. The minimum absolute atomic E-state index is 0.0614. The van der Waals surface area contributed by atoms with Gasteiger partial charge in [-0.15, -0.1) is 0 Å². The van der Waals surface area contributed by atoms with Crippen molar-refractivity contribution in [1.82, 2.24) is 25.3 Å². The zero-order valence-electron chi connectivity index (χ0n) is 14.8. The quantitative estimate of drug-likeness (QED) is 0.861. The first-order valence-electron chi connectivity index (χ1n) is 9.12. The maximum absolute atomic E-state index is 12.4. The number of H-pyrrole nitrogens is 1. The zero-order chi connectivity index (χ0) is 18.1. The van der Waals surface area contributed by atoms with Crippen LogP contribution in [-0.4, -0.2) is 38.5 Å². The monoisotopic (exact) mass is 357 g/mol. The van der Waals surface area contributed by atoms with Gasteiger partial charge in [0.15, 0.2) is 0 Å². The molecule has 0 radical (unpaired) electrons. The summed E-state index contributed by atoms with van der Waals surface area (Å²) in [5.41, 5.74) is 3.10. The number of amides is 1. The lowest BCUT2D eigenvalue weighted by Gasteiger charge is -2.30. The van der Waals surface area contributed by atoms with E-state index in [0.29, 0.717) is 18.9 Å². The molecule has 1 fully saturated rings. The fraction of sp³-hybridized carbons (Fsp3) is 0.556. The summed E-state index contributed by atoms with van der Waals surface area (Å²) >= 11 is 0. The molecule has 4 rings (SSSR count). The standard InChI is InChI=1S/C18H23N5O3/c1-11-8-16(21-20-11)18(25)19-13-2-4-14(5-3-13)23-17(24)9-12-10-26-7-6-15(12)22-23/h8-9,13-14H,2-7,10H2,1H3,(H,19,25)(H,20,21). The summed E-state index contributed by atoms with van der Waals surface area (Å²) in [7, 11) is 0. The second kappa shape index (κ2) is 7.03. The van der Waals surface area contributed by atoms with E-state index in [9.17, 15) is 9.59 Å². The maximum atomic E-state index is 12.4. The number of carbonyl (C=O) groups excluding carboxylic acids is 1. The van der Waals surface area contributed by atoms with Crippen LogP contribution in [0.5, 0.6) is 0 Å².